The molecular formula is C13H23N3O2S. The molecule has 0 spiro atoms. The summed E-state index contributed by atoms with van der Waals surface area (Å²) in [5, 5.41) is 0. The van der Waals surface area contributed by atoms with Crippen molar-refractivity contribution in [2.75, 3.05) is 19.6 Å². The Hall–Kier alpha value is -0.950. The average Bonchev–Trinajstić information content (AvgIpc) is 2.40. The second-order valence-electron chi connectivity index (χ2n) is 4.59. The Labute approximate surface area is 116 Å². The van der Waals surface area contributed by atoms with E-state index >= 15 is 0 Å². The van der Waals surface area contributed by atoms with Crippen LogP contribution in [0.4, 0.5) is 0 Å². The number of hydrogen-bond donors (Lipinski definition) is 2. The molecule has 1 rings (SSSR count). The van der Waals surface area contributed by atoms with E-state index in [1.54, 1.807) is 6.92 Å². The topological polar surface area (TPSA) is 75.4 Å². The molecule has 0 aliphatic heterocycles. The minimum atomic E-state index is -3.54. The van der Waals surface area contributed by atoms with Gasteiger partial charge in [0.1, 0.15) is 0 Å². The summed E-state index contributed by atoms with van der Waals surface area (Å²) in [6.07, 6.45) is 0. The van der Waals surface area contributed by atoms with E-state index in [2.05, 4.69) is 4.72 Å². The monoisotopic (exact) mass is 285 g/mol. The first-order valence-electron chi connectivity index (χ1n) is 6.44. The van der Waals surface area contributed by atoms with E-state index in [0.717, 1.165) is 5.56 Å². The van der Waals surface area contributed by atoms with Crippen LogP contribution in [0, 0.1) is 0 Å². The minimum Gasteiger partial charge on any atom is -0.328 e. The van der Waals surface area contributed by atoms with Crippen molar-refractivity contribution < 1.29 is 8.42 Å². The van der Waals surface area contributed by atoms with Crippen LogP contribution < -0.4 is 10.5 Å². The zero-order valence-corrected chi connectivity index (χ0v) is 12.6. The van der Waals surface area contributed by atoms with Gasteiger partial charge in [0.25, 0.3) is 10.2 Å². The van der Waals surface area contributed by atoms with Crippen LogP contribution >= 0.6 is 0 Å². The van der Waals surface area contributed by atoms with Gasteiger partial charge in [-0.1, -0.05) is 44.2 Å². The van der Waals surface area contributed by atoms with Gasteiger partial charge in [0.05, 0.1) is 5.54 Å². The molecule has 0 heterocycles. The summed E-state index contributed by atoms with van der Waals surface area (Å²) in [4.78, 5) is 0. The molecule has 0 saturated carbocycles. The fourth-order valence-electron chi connectivity index (χ4n) is 1.94. The molecule has 5 nitrogen and oxygen atoms in total. The summed E-state index contributed by atoms with van der Waals surface area (Å²) in [5.41, 5.74) is 5.84. The molecule has 108 valence electrons. The first-order chi connectivity index (χ1) is 8.89. The molecule has 0 radical (unpaired) electrons. The highest BCUT2D eigenvalue weighted by Crippen LogP contribution is 2.21. The number of nitrogens with two attached hydrogens (primary N) is 1. The normalized spacial score (nSPS) is 15.4. The minimum absolute atomic E-state index is 0.192. The first-order valence-corrected chi connectivity index (χ1v) is 7.88. The van der Waals surface area contributed by atoms with Gasteiger partial charge in [-0.15, -0.1) is 0 Å². The summed E-state index contributed by atoms with van der Waals surface area (Å²) in [6.45, 7) is 6.47. The molecule has 6 heteroatoms. The zero-order chi connectivity index (χ0) is 14.5. The molecule has 0 amide bonds. The molecule has 19 heavy (non-hydrogen) atoms. The quantitative estimate of drug-likeness (QED) is 0.786. The van der Waals surface area contributed by atoms with Crippen molar-refractivity contribution in [3.05, 3.63) is 35.9 Å². The summed E-state index contributed by atoms with van der Waals surface area (Å²) in [6, 6.07) is 9.37. The Morgan fingerprint density at radius 1 is 1.21 bits per heavy atom. The van der Waals surface area contributed by atoms with Crippen LogP contribution in [0.3, 0.4) is 0 Å². The lowest BCUT2D eigenvalue weighted by Gasteiger charge is -2.32. The number of rotatable bonds is 7. The highest BCUT2D eigenvalue weighted by atomic mass is 32.2. The Kier molecular flexibility index (Phi) is 5.49. The van der Waals surface area contributed by atoms with E-state index < -0.39 is 15.7 Å². The second kappa shape index (κ2) is 6.47. The third-order valence-electron chi connectivity index (χ3n) is 3.22. The maximum Gasteiger partial charge on any atom is 0.280 e. The summed E-state index contributed by atoms with van der Waals surface area (Å²) >= 11 is 0. The fourth-order valence-corrected chi connectivity index (χ4v) is 3.52. The standard InChI is InChI=1S/C13H23N3O2S/c1-4-16(5-2)19(17,18)15-13(3,11-14)12-9-7-6-8-10-12/h6-10,15H,4-5,11,14H2,1-3H3. The summed E-state index contributed by atoms with van der Waals surface area (Å²) in [7, 11) is -3.54. The van der Waals surface area contributed by atoms with Gasteiger partial charge in [-0.05, 0) is 12.5 Å². The van der Waals surface area contributed by atoms with Gasteiger partial charge >= 0.3 is 0 Å². The van der Waals surface area contributed by atoms with Crippen molar-refractivity contribution in [1.82, 2.24) is 9.03 Å². The van der Waals surface area contributed by atoms with Gasteiger partial charge in [-0.2, -0.15) is 17.4 Å². The molecule has 0 saturated heterocycles. The Morgan fingerprint density at radius 3 is 2.16 bits per heavy atom. The van der Waals surface area contributed by atoms with Gasteiger partial charge in [-0.25, -0.2) is 0 Å². The lowest BCUT2D eigenvalue weighted by molar-refractivity contribution is 0.388. The van der Waals surface area contributed by atoms with Gasteiger partial charge in [-0.3, -0.25) is 0 Å². The van der Waals surface area contributed by atoms with Crippen LogP contribution in [0.2, 0.25) is 0 Å². The third-order valence-corrected chi connectivity index (χ3v) is 5.12. The van der Waals surface area contributed by atoms with Gasteiger partial charge < -0.3 is 5.73 Å². The van der Waals surface area contributed by atoms with Crippen molar-refractivity contribution in [2.45, 2.75) is 26.3 Å². The van der Waals surface area contributed by atoms with Gasteiger partial charge in [0.2, 0.25) is 0 Å². The summed E-state index contributed by atoms with van der Waals surface area (Å²) in [5.74, 6) is 0. The van der Waals surface area contributed by atoms with E-state index in [0.29, 0.717) is 13.1 Å². The van der Waals surface area contributed by atoms with Crippen molar-refractivity contribution in [1.29, 1.82) is 0 Å². The number of hydrogen-bond acceptors (Lipinski definition) is 3. The first kappa shape index (κ1) is 16.1. The smallest absolute Gasteiger partial charge is 0.280 e. The molecule has 1 aromatic carbocycles. The molecule has 0 aromatic heterocycles. The molecule has 0 fully saturated rings. The van der Waals surface area contributed by atoms with Crippen molar-refractivity contribution in [2.24, 2.45) is 5.73 Å². The van der Waals surface area contributed by atoms with Crippen LogP contribution in [0.5, 0.6) is 0 Å². The number of benzene rings is 1. The van der Waals surface area contributed by atoms with E-state index in [4.69, 9.17) is 5.73 Å². The van der Waals surface area contributed by atoms with E-state index in [1.807, 2.05) is 44.2 Å². The molecule has 1 aromatic rings. The van der Waals surface area contributed by atoms with Gasteiger partial charge in [0, 0.05) is 19.6 Å². The van der Waals surface area contributed by atoms with Crippen LogP contribution in [-0.4, -0.2) is 32.4 Å². The SMILES string of the molecule is CCN(CC)S(=O)(=O)NC(C)(CN)c1ccccc1. The molecule has 0 aliphatic rings. The molecule has 0 aliphatic carbocycles. The predicted octanol–water partition coefficient (Wildman–Crippen LogP) is 1.04. The van der Waals surface area contributed by atoms with Crippen LogP contribution in [-0.2, 0) is 15.7 Å². The molecule has 1 atom stereocenters. The molecule has 1 unspecified atom stereocenters. The van der Waals surface area contributed by atoms with E-state index in [1.165, 1.54) is 4.31 Å². The summed E-state index contributed by atoms with van der Waals surface area (Å²) < 4.78 is 28.7. The fraction of sp³-hybridized carbons (Fsp3) is 0.538. The zero-order valence-electron chi connectivity index (χ0n) is 11.8. The molecule has 3 N–H and O–H groups in total. The van der Waals surface area contributed by atoms with Crippen LogP contribution in [0.15, 0.2) is 30.3 Å². The van der Waals surface area contributed by atoms with E-state index in [-0.39, 0.29) is 6.54 Å². The third kappa shape index (κ3) is 3.76. The maximum absolute atomic E-state index is 12.3. The number of nitrogens with zero attached hydrogens (tertiary/aromatic N) is 1. The van der Waals surface area contributed by atoms with Gasteiger partial charge in [0.15, 0.2) is 0 Å². The van der Waals surface area contributed by atoms with Crippen LogP contribution in [0.25, 0.3) is 0 Å². The lowest BCUT2D eigenvalue weighted by Crippen LogP contribution is -2.53. The van der Waals surface area contributed by atoms with Crippen molar-refractivity contribution in [3.63, 3.8) is 0 Å². The molecular weight excluding hydrogens is 262 g/mol. The van der Waals surface area contributed by atoms with E-state index in [9.17, 15) is 8.42 Å². The highest BCUT2D eigenvalue weighted by Gasteiger charge is 2.32. The largest absolute Gasteiger partial charge is 0.328 e. The predicted molar refractivity (Wildman–Crippen MR) is 77.8 cm³/mol. The Balaban J connectivity index is 3.06. The second-order valence-corrected chi connectivity index (χ2v) is 6.26. The van der Waals surface area contributed by atoms with Crippen molar-refractivity contribution in [3.8, 4) is 0 Å². The lowest BCUT2D eigenvalue weighted by atomic mass is 9.94. The maximum atomic E-state index is 12.3. The van der Waals surface area contributed by atoms with Crippen molar-refractivity contribution >= 4 is 10.2 Å². The Morgan fingerprint density at radius 2 is 1.74 bits per heavy atom. The Bertz CT molecular complexity index is 486. The number of nitrogens with one attached hydrogen (secondary N) is 1. The van der Waals surface area contributed by atoms with Crippen LogP contribution in [0.1, 0.15) is 26.3 Å². The molecule has 0 bridgehead atoms. The average molecular weight is 285 g/mol. The highest BCUT2D eigenvalue weighted by molar-refractivity contribution is 7.87.